The Hall–Kier alpha value is -0.350. The maximum Gasteiger partial charge on any atom is 0.322 e. The molecular formula is C7H13ClFNO2. The first-order valence-electron chi connectivity index (χ1n) is 3.69. The van der Waals surface area contributed by atoms with Crippen molar-refractivity contribution in [3.05, 3.63) is 0 Å². The van der Waals surface area contributed by atoms with Gasteiger partial charge in [0.1, 0.15) is 12.2 Å². The number of carbonyl (C=O) groups excluding carboxylic acids is 1. The summed E-state index contributed by atoms with van der Waals surface area (Å²) in [5.74, 6) is -0.295. The lowest BCUT2D eigenvalue weighted by atomic mass is 10.0. The predicted molar refractivity (Wildman–Crippen MR) is 45.2 cm³/mol. The maximum atomic E-state index is 12.5. The summed E-state index contributed by atoms with van der Waals surface area (Å²) < 4.78 is 17.0. The zero-order valence-electron chi connectivity index (χ0n) is 6.88. The highest BCUT2D eigenvalue weighted by atomic mass is 35.5. The van der Waals surface area contributed by atoms with Gasteiger partial charge in [-0.3, -0.25) is 4.79 Å². The minimum Gasteiger partial charge on any atom is -0.468 e. The van der Waals surface area contributed by atoms with E-state index in [1.54, 1.807) is 0 Å². The zero-order valence-corrected chi connectivity index (χ0v) is 7.70. The Kier molecular flexibility index (Phi) is 5.17. The van der Waals surface area contributed by atoms with Crippen LogP contribution in [0.5, 0.6) is 0 Å². The van der Waals surface area contributed by atoms with Crippen LogP contribution in [-0.2, 0) is 9.53 Å². The number of hydrogen-bond acceptors (Lipinski definition) is 3. The molecule has 1 N–H and O–H groups in total. The van der Waals surface area contributed by atoms with Crippen molar-refractivity contribution in [2.75, 3.05) is 13.7 Å². The molecule has 3 nitrogen and oxygen atoms in total. The lowest BCUT2D eigenvalue weighted by Gasteiger charge is -2.23. The number of halogens is 2. The van der Waals surface area contributed by atoms with E-state index < -0.39 is 6.17 Å². The Morgan fingerprint density at radius 2 is 2.25 bits per heavy atom. The molecule has 0 aromatic carbocycles. The number of piperidine rings is 1. The van der Waals surface area contributed by atoms with Gasteiger partial charge in [0.15, 0.2) is 0 Å². The minimum absolute atomic E-state index is 0. The van der Waals surface area contributed by atoms with Gasteiger partial charge in [0, 0.05) is 6.54 Å². The third-order valence-electron chi connectivity index (χ3n) is 1.84. The Morgan fingerprint density at radius 1 is 1.58 bits per heavy atom. The smallest absolute Gasteiger partial charge is 0.322 e. The largest absolute Gasteiger partial charge is 0.468 e. The molecule has 0 unspecified atom stereocenters. The number of nitrogens with one attached hydrogen (secondary N) is 1. The van der Waals surface area contributed by atoms with E-state index in [4.69, 9.17) is 0 Å². The summed E-state index contributed by atoms with van der Waals surface area (Å²) in [5.41, 5.74) is 0. The highest BCUT2D eigenvalue weighted by Gasteiger charge is 2.25. The van der Waals surface area contributed by atoms with Crippen LogP contribution in [0.2, 0.25) is 0 Å². The fourth-order valence-electron chi connectivity index (χ4n) is 1.17. The molecule has 0 radical (unpaired) electrons. The SMILES string of the molecule is COC(=O)[C@H]1CC[C@H](F)CN1.Cl. The molecule has 2 atom stereocenters. The van der Waals surface area contributed by atoms with Crippen LogP contribution in [0.15, 0.2) is 0 Å². The van der Waals surface area contributed by atoms with Crippen molar-refractivity contribution in [1.29, 1.82) is 0 Å². The van der Waals surface area contributed by atoms with Crippen molar-refractivity contribution in [3.63, 3.8) is 0 Å². The van der Waals surface area contributed by atoms with E-state index in [1.165, 1.54) is 7.11 Å². The first-order chi connectivity index (χ1) is 5.24. The maximum absolute atomic E-state index is 12.5. The summed E-state index contributed by atoms with van der Waals surface area (Å²) in [5, 5.41) is 2.77. The molecule has 0 aliphatic carbocycles. The van der Waals surface area contributed by atoms with E-state index in [1.807, 2.05) is 0 Å². The van der Waals surface area contributed by atoms with Crippen LogP contribution < -0.4 is 5.32 Å². The third kappa shape index (κ3) is 2.95. The van der Waals surface area contributed by atoms with Crippen LogP contribution >= 0.6 is 12.4 Å². The molecule has 1 saturated heterocycles. The second-order valence-corrected chi connectivity index (χ2v) is 2.66. The average molecular weight is 198 g/mol. The highest BCUT2D eigenvalue weighted by Crippen LogP contribution is 2.11. The van der Waals surface area contributed by atoms with Crippen molar-refractivity contribution in [2.45, 2.75) is 25.1 Å². The molecule has 1 aliphatic heterocycles. The van der Waals surface area contributed by atoms with Crippen LogP contribution in [-0.4, -0.2) is 31.8 Å². The summed E-state index contributed by atoms with van der Waals surface area (Å²) >= 11 is 0. The zero-order chi connectivity index (χ0) is 8.27. The molecule has 0 aromatic heterocycles. The summed E-state index contributed by atoms with van der Waals surface area (Å²) in [6.07, 6.45) is 0.177. The van der Waals surface area contributed by atoms with E-state index in [-0.39, 0.29) is 31.0 Å². The second kappa shape index (κ2) is 5.32. The van der Waals surface area contributed by atoms with Gasteiger partial charge in [-0.1, -0.05) is 0 Å². The average Bonchev–Trinajstić information content (AvgIpc) is 2.05. The van der Waals surface area contributed by atoms with Gasteiger partial charge < -0.3 is 10.1 Å². The third-order valence-corrected chi connectivity index (χ3v) is 1.84. The van der Waals surface area contributed by atoms with E-state index in [9.17, 15) is 9.18 Å². The Balaban J connectivity index is 0.00000121. The van der Waals surface area contributed by atoms with Gasteiger partial charge in [-0.25, -0.2) is 4.39 Å². The highest BCUT2D eigenvalue weighted by molar-refractivity contribution is 5.85. The molecule has 1 aliphatic rings. The molecule has 0 spiro atoms. The van der Waals surface area contributed by atoms with Crippen LogP contribution in [0.3, 0.4) is 0 Å². The van der Waals surface area contributed by atoms with Gasteiger partial charge in [0.2, 0.25) is 0 Å². The molecular weight excluding hydrogens is 185 g/mol. The van der Waals surface area contributed by atoms with Gasteiger partial charge in [0.25, 0.3) is 0 Å². The summed E-state index contributed by atoms with van der Waals surface area (Å²) in [7, 11) is 1.34. The van der Waals surface area contributed by atoms with Gasteiger partial charge >= 0.3 is 5.97 Å². The van der Waals surface area contributed by atoms with Crippen molar-refractivity contribution >= 4 is 18.4 Å². The summed E-state index contributed by atoms with van der Waals surface area (Å²) in [4.78, 5) is 10.9. The van der Waals surface area contributed by atoms with Gasteiger partial charge in [-0.05, 0) is 12.8 Å². The van der Waals surface area contributed by atoms with Crippen LogP contribution in [0, 0.1) is 0 Å². The monoisotopic (exact) mass is 197 g/mol. The molecule has 72 valence electrons. The van der Waals surface area contributed by atoms with Crippen molar-refractivity contribution in [3.8, 4) is 0 Å². The number of ether oxygens (including phenoxy) is 1. The van der Waals surface area contributed by atoms with Gasteiger partial charge in [0.05, 0.1) is 7.11 Å². The fraction of sp³-hybridized carbons (Fsp3) is 0.857. The first-order valence-corrected chi connectivity index (χ1v) is 3.69. The van der Waals surface area contributed by atoms with E-state index in [0.717, 1.165) is 0 Å². The standard InChI is InChI=1S/C7H12FNO2.ClH/c1-11-7(10)6-3-2-5(8)4-9-6;/h5-6,9H,2-4H2,1H3;1H/t5-,6+;/m0./s1. The van der Waals surface area contributed by atoms with E-state index in [2.05, 4.69) is 10.1 Å². The number of methoxy groups -OCH3 is 1. The molecule has 0 amide bonds. The summed E-state index contributed by atoms with van der Waals surface area (Å²) in [6.45, 7) is 0.264. The normalized spacial score (nSPS) is 28.8. The molecule has 0 bridgehead atoms. The topological polar surface area (TPSA) is 38.3 Å². The first kappa shape index (κ1) is 11.6. The van der Waals surface area contributed by atoms with Crippen LogP contribution in [0.1, 0.15) is 12.8 Å². The lowest BCUT2D eigenvalue weighted by molar-refractivity contribution is -0.144. The summed E-state index contributed by atoms with van der Waals surface area (Å²) in [6, 6.07) is -0.299. The predicted octanol–water partition coefficient (Wildman–Crippen LogP) is 0.671. The number of hydrogen-bond donors (Lipinski definition) is 1. The van der Waals surface area contributed by atoms with Crippen molar-refractivity contribution < 1.29 is 13.9 Å². The molecule has 0 aromatic rings. The minimum atomic E-state index is -0.809. The number of carbonyl (C=O) groups is 1. The lowest BCUT2D eigenvalue weighted by Crippen LogP contribution is -2.45. The van der Waals surface area contributed by atoms with Gasteiger partial charge in [-0.2, -0.15) is 0 Å². The van der Waals surface area contributed by atoms with Crippen LogP contribution in [0.25, 0.3) is 0 Å². The van der Waals surface area contributed by atoms with Gasteiger partial charge in [-0.15, -0.1) is 12.4 Å². The van der Waals surface area contributed by atoms with E-state index >= 15 is 0 Å². The van der Waals surface area contributed by atoms with Crippen molar-refractivity contribution in [2.24, 2.45) is 0 Å². The fourth-order valence-corrected chi connectivity index (χ4v) is 1.17. The molecule has 1 fully saturated rings. The second-order valence-electron chi connectivity index (χ2n) is 2.66. The van der Waals surface area contributed by atoms with Crippen molar-refractivity contribution in [1.82, 2.24) is 5.32 Å². The Labute approximate surface area is 77.1 Å². The molecule has 1 rings (SSSR count). The molecule has 1 heterocycles. The quantitative estimate of drug-likeness (QED) is 0.628. The van der Waals surface area contributed by atoms with Crippen LogP contribution in [0.4, 0.5) is 4.39 Å². The Morgan fingerprint density at radius 3 is 2.67 bits per heavy atom. The van der Waals surface area contributed by atoms with E-state index in [0.29, 0.717) is 12.8 Å². The number of esters is 1. The molecule has 5 heteroatoms. The Bertz CT molecular complexity index is 148. The number of alkyl halides is 1. The molecule has 12 heavy (non-hydrogen) atoms. The molecule has 0 saturated carbocycles. The number of rotatable bonds is 1.